The first kappa shape index (κ1) is 17.0. The van der Waals surface area contributed by atoms with E-state index >= 15 is 0 Å². The summed E-state index contributed by atoms with van der Waals surface area (Å²) < 4.78 is 0. The van der Waals surface area contributed by atoms with Crippen LogP contribution >= 0.6 is 11.8 Å². The summed E-state index contributed by atoms with van der Waals surface area (Å²) in [5.74, 6) is 1.09. The van der Waals surface area contributed by atoms with Gasteiger partial charge in [-0.15, -0.1) is 11.8 Å². The van der Waals surface area contributed by atoms with Gasteiger partial charge in [0.05, 0.1) is 4.87 Å². The molecule has 1 heterocycles. The van der Waals surface area contributed by atoms with E-state index in [2.05, 4.69) is 49.5 Å². The molecular weight excluding hydrogens is 290 g/mol. The second-order valence-electron chi connectivity index (χ2n) is 6.15. The van der Waals surface area contributed by atoms with Gasteiger partial charge in [-0.25, -0.2) is 0 Å². The highest BCUT2D eigenvalue weighted by Gasteiger charge is 2.28. The number of allylic oxidation sites excluding steroid dienone is 3. The van der Waals surface area contributed by atoms with Gasteiger partial charge >= 0.3 is 0 Å². The highest BCUT2D eigenvalue weighted by Crippen LogP contribution is 2.29. The molecule has 1 saturated heterocycles. The summed E-state index contributed by atoms with van der Waals surface area (Å²) in [7, 11) is 0. The molecule has 2 nitrogen and oxygen atoms in total. The maximum atomic E-state index is 11.2. The fourth-order valence-electron chi connectivity index (χ4n) is 2.55. The van der Waals surface area contributed by atoms with Gasteiger partial charge < -0.3 is 4.79 Å². The lowest BCUT2D eigenvalue weighted by atomic mass is 10.00. The molecular formula is C19H25NOS. The molecule has 1 aliphatic heterocycles. The predicted molar refractivity (Wildman–Crippen MR) is 96.1 cm³/mol. The molecule has 0 bridgehead atoms. The lowest BCUT2D eigenvalue weighted by Gasteiger charge is -2.17. The Bertz CT molecular complexity index is 521. The third-order valence-corrected chi connectivity index (χ3v) is 5.03. The lowest BCUT2D eigenvalue weighted by Crippen LogP contribution is -2.35. The highest BCUT2D eigenvalue weighted by atomic mass is 32.2. The summed E-state index contributed by atoms with van der Waals surface area (Å²) in [5.41, 5.74) is 1.20. The van der Waals surface area contributed by atoms with Crippen molar-refractivity contribution < 1.29 is 4.79 Å². The Morgan fingerprint density at radius 1 is 1.32 bits per heavy atom. The molecule has 0 radical (unpaired) electrons. The molecule has 2 atom stereocenters. The minimum Gasteiger partial charge on any atom is -0.303 e. The summed E-state index contributed by atoms with van der Waals surface area (Å²) in [6.07, 6.45) is 11.2. The Labute approximate surface area is 138 Å². The van der Waals surface area contributed by atoms with Crippen molar-refractivity contribution in [2.75, 3.05) is 5.75 Å². The van der Waals surface area contributed by atoms with Crippen molar-refractivity contribution in [2.24, 2.45) is 5.92 Å². The van der Waals surface area contributed by atoms with Crippen LogP contribution in [0.5, 0.6) is 0 Å². The van der Waals surface area contributed by atoms with Gasteiger partial charge in [-0.05, 0) is 32.3 Å². The summed E-state index contributed by atoms with van der Waals surface area (Å²) in [5, 5.41) is 3.57. The summed E-state index contributed by atoms with van der Waals surface area (Å²) >= 11 is 1.95. The SMILES string of the molecule is CC1(C)NC(/C=C/C/C=C\C(C=O)Cc2ccccc2)CS1. The van der Waals surface area contributed by atoms with E-state index in [0.29, 0.717) is 6.04 Å². The monoisotopic (exact) mass is 315 g/mol. The number of thioether (sulfide) groups is 1. The highest BCUT2D eigenvalue weighted by molar-refractivity contribution is 8.00. The van der Waals surface area contributed by atoms with Gasteiger partial charge in [-0.3, -0.25) is 5.32 Å². The van der Waals surface area contributed by atoms with Gasteiger partial charge in [0.1, 0.15) is 6.29 Å². The van der Waals surface area contributed by atoms with Crippen molar-refractivity contribution in [3.63, 3.8) is 0 Å². The largest absolute Gasteiger partial charge is 0.303 e. The number of aldehydes is 1. The fraction of sp³-hybridized carbons (Fsp3) is 0.421. The number of carbonyl (C=O) groups excluding carboxylic acids is 1. The molecule has 2 unspecified atom stereocenters. The van der Waals surface area contributed by atoms with Gasteiger partial charge in [-0.1, -0.05) is 54.6 Å². The van der Waals surface area contributed by atoms with Gasteiger partial charge in [0, 0.05) is 17.7 Å². The van der Waals surface area contributed by atoms with Crippen molar-refractivity contribution in [2.45, 2.75) is 37.6 Å². The van der Waals surface area contributed by atoms with Crippen molar-refractivity contribution in [3.05, 3.63) is 60.2 Å². The third-order valence-electron chi connectivity index (χ3n) is 3.67. The van der Waals surface area contributed by atoms with Crippen LogP contribution in [0.1, 0.15) is 25.8 Å². The molecule has 1 aromatic carbocycles. The molecule has 0 amide bonds. The van der Waals surface area contributed by atoms with Crippen molar-refractivity contribution in [3.8, 4) is 0 Å². The number of benzene rings is 1. The summed E-state index contributed by atoms with van der Waals surface area (Å²) in [6, 6.07) is 10.6. The molecule has 1 N–H and O–H groups in total. The van der Waals surface area contributed by atoms with Gasteiger partial charge in [-0.2, -0.15) is 0 Å². The average molecular weight is 315 g/mol. The summed E-state index contributed by atoms with van der Waals surface area (Å²) in [4.78, 5) is 11.4. The Balaban J connectivity index is 1.75. The second-order valence-corrected chi connectivity index (χ2v) is 7.80. The third kappa shape index (κ3) is 5.82. The minimum absolute atomic E-state index is 0.0325. The lowest BCUT2D eigenvalue weighted by molar-refractivity contribution is -0.109. The van der Waals surface area contributed by atoms with E-state index in [0.717, 1.165) is 24.9 Å². The molecule has 3 heteroatoms. The van der Waals surface area contributed by atoms with E-state index < -0.39 is 0 Å². The van der Waals surface area contributed by atoms with Crippen LogP contribution in [0.25, 0.3) is 0 Å². The van der Waals surface area contributed by atoms with Crippen LogP contribution in [-0.4, -0.2) is 23.0 Å². The zero-order chi connectivity index (χ0) is 15.8. The number of hydrogen-bond acceptors (Lipinski definition) is 3. The Morgan fingerprint density at radius 3 is 2.73 bits per heavy atom. The van der Waals surface area contributed by atoms with E-state index in [-0.39, 0.29) is 10.8 Å². The zero-order valence-electron chi connectivity index (χ0n) is 13.4. The molecule has 1 aromatic rings. The van der Waals surface area contributed by atoms with Crippen LogP contribution in [0, 0.1) is 5.92 Å². The maximum absolute atomic E-state index is 11.2. The molecule has 22 heavy (non-hydrogen) atoms. The maximum Gasteiger partial charge on any atom is 0.127 e. The van der Waals surface area contributed by atoms with Crippen LogP contribution in [0.4, 0.5) is 0 Å². The molecule has 0 saturated carbocycles. The number of nitrogens with one attached hydrogen (secondary N) is 1. The Kier molecular flexibility index (Phi) is 6.47. The van der Waals surface area contributed by atoms with E-state index in [4.69, 9.17) is 0 Å². The Morgan fingerprint density at radius 2 is 2.09 bits per heavy atom. The molecule has 0 aromatic heterocycles. The van der Waals surface area contributed by atoms with Gasteiger partial charge in [0.15, 0.2) is 0 Å². The molecule has 1 fully saturated rings. The molecule has 0 aliphatic carbocycles. The van der Waals surface area contributed by atoms with Crippen LogP contribution in [-0.2, 0) is 11.2 Å². The molecule has 1 aliphatic rings. The quantitative estimate of drug-likeness (QED) is 0.609. The summed E-state index contributed by atoms with van der Waals surface area (Å²) in [6.45, 7) is 4.42. The Hall–Kier alpha value is -1.32. The number of hydrogen-bond donors (Lipinski definition) is 1. The normalized spacial score (nSPS) is 22.4. The first-order valence-electron chi connectivity index (χ1n) is 7.83. The van der Waals surface area contributed by atoms with E-state index in [1.807, 2.05) is 36.0 Å². The predicted octanol–water partition coefficient (Wildman–Crippen LogP) is 3.99. The number of carbonyl (C=O) groups is 1. The first-order valence-corrected chi connectivity index (χ1v) is 8.82. The first-order chi connectivity index (χ1) is 10.6. The fourth-order valence-corrected chi connectivity index (χ4v) is 3.58. The second kappa shape index (κ2) is 8.35. The van der Waals surface area contributed by atoms with Gasteiger partial charge in [0.25, 0.3) is 0 Å². The number of rotatable bonds is 7. The van der Waals surface area contributed by atoms with Crippen molar-refractivity contribution >= 4 is 18.0 Å². The molecule has 0 spiro atoms. The minimum atomic E-state index is -0.0325. The zero-order valence-corrected chi connectivity index (χ0v) is 14.2. The van der Waals surface area contributed by atoms with E-state index in [9.17, 15) is 4.79 Å². The standard InChI is InChI=1S/C19H25NOS/c1-19(2)20-18(15-22-19)12-8-4-7-11-17(14-21)13-16-9-5-3-6-10-16/h3,5-12,14,17-18,20H,4,13,15H2,1-2H3/b11-7-,12-8+. The topological polar surface area (TPSA) is 29.1 Å². The van der Waals surface area contributed by atoms with E-state index in [1.54, 1.807) is 0 Å². The van der Waals surface area contributed by atoms with Crippen LogP contribution in [0.2, 0.25) is 0 Å². The van der Waals surface area contributed by atoms with Crippen LogP contribution in [0.15, 0.2) is 54.6 Å². The van der Waals surface area contributed by atoms with Crippen molar-refractivity contribution in [1.29, 1.82) is 0 Å². The van der Waals surface area contributed by atoms with Gasteiger partial charge in [0.2, 0.25) is 0 Å². The average Bonchev–Trinajstić information content (AvgIpc) is 2.86. The van der Waals surface area contributed by atoms with Crippen LogP contribution < -0.4 is 5.32 Å². The van der Waals surface area contributed by atoms with Crippen LogP contribution in [0.3, 0.4) is 0 Å². The molecule has 2 rings (SSSR count). The van der Waals surface area contributed by atoms with Crippen molar-refractivity contribution in [1.82, 2.24) is 5.32 Å². The smallest absolute Gasteiger partial charge is 0.127 e. The molecule has 118 valence electrons. The van der Waals surface area contributed by atoms with E-state index in [1.165, 1.54) is 5.56 Å².